The zero-order chi connectivity index (χ0) is 68.7. The number of rotatable bonds is 64. The summed E-state index contributed by atoms with van der Waals surface area (Å²) < 4.78 is 33.2. The molecule has 1 aromatic carbocycles. The number of benzene rings is 1. The Morgan fingerprint density at radius 1 is 0.600 bits per heavy atom. The number of carbonyl (C=O) groups excluding carboxylic acids is 1. The molecule has 0 saturated carbocycles. The SMILES string of the molecule is CCCCCCCCCCCCCCCCCCOc1cc(CC(CC(=O)O)(C(=O)OCCC#N)[C@]2(O)C[C@H](n3cc(C#P=S)c(=O)[nH]c3=O)O[C@@H]2CO)cc(OCCCCCCCCCCCCCCCCCC)c1OCCCCCCCCCCCCCCCCCC. The molecular formula is C78H132N3O12PS. The normalized spacial score (nSPS) is 15.9. The molecule has 0 aliphatic carbocycles. The smallest absolute Gasteiger partial charge is 0.490 e. The van der Waals surface area contributed by atoms with E-state index < -0.39 is 79.0 Å². The summed E-state index contributed by atoms with van der Waals surface area (Å²) in [6.45, 7) is 6.78. The maximum absolute atomic E-state index is 15.0. The van der Waals surface area contributed by atoms with Crippen LogP contribution in [0.5, 0.6) is 17.2 Å². The van der Waals surface area contributed by atoms with Crippen molar-refractivity contribution in [2.24, 2.45) is 5.41 Å². The number of carboxylic acids is 1. The van der Waals surface area contributed by atoms with E-state index in [9.17, 15) is 35.0 Å². The summed E-state index contributed by atoms with van der Waals surface area (Å²) >= 11 is 5.02. The fraction of sp³-hybridized carbons (Fsp3) is 0.821. The molecule has 1 aliphatic rings. The van der Waals surface area contributed by atoms with Gasteiger partial charge in [0, 0.05) is 0 Å². The molecule has 1 saturated heterocycles. The van der Waals surface area contributed by atoms with E-state index in [1.165, 1.54) is 244 Å². The number of H-pyrrole nitrogens is 1. The van der Waals surface area contributed by atoms with E-state index in [1.807, 2.05) is 6.07 Å². The van der Waals surface area contributed by atoms with Crippen molar-refractivity contribution in [1.29, 1.82) is 5.26 Å². The second kappa shape index (κ2) is 55.9. The molecular weight excluding hydrogens is 1230 g/mol. The van der Waals surface area contributed by atoms with E-state index in [2.05, 4.69) is 31.4 Å². The summed E-state index contributed by atoms with van der Waals surface area (Å²) in [5, 5.41) is 44.7. The number of carbonyl (C=O) groups is 2. The van der Waals surface area contributed by atoms with Crippen LogP contribution in [0.3, 0.4) is 0 Å². The van der Waals surface area contributed by atoms with Crippen LogP contribution in [0, 0.1) is 22.4 Å². The van der Waals surface area contributed by atoms with Crippen LogP contribution < -0.4 is 25.5 Å². The first-order valence-electron chi connectivity index (χ1n) is 38.7. The minimum atomic E-state index is -2.54. The van der Waals surface area contributed by atoms with Crippen molar-refractivity contribution in [1.82, 2.24) is 9.55 Å². The van der Waals surface area contributed by atoms with Gasteiger partial charge in [0.2, 0.25) is 5.75 Å². The molecule has 1 aliphatic heterocycles. The molecule has 4 atom stereocenters. The van der Waals surface area contributed by atoms with Gasteiger partial charge in [-0.25, -0.2) is 0 Å². The third kappa shape index (κ3) is 36.1. The molecule has 4 N–H and O–H groups in total. The number of esters is 1. The molecule has 0 radical (unpaired) electrons. The van der Waals surface area contributed by atoms with Crippen LogP contribution >= 0.6 is 6.81 Å². The predicted octanol–water partition coefficient (Wildman–Crippen LogP) is 20.3. The quantitative estimate of drug-likeness (QED) is 0.0275. The number of aliphatic hydroxyl groups is 2. The standard InChI is InChI=1S/C78H132N3O12PS/c1-4-7-10-13-16-19-22-25-28-31-34-37-40-43-46-49-54-89-68-58-66(60-77(62-72(83)84,75(86)92-57-52-53-79)78(88)61-71(93-70(78)64-82)81-63-67(65-94-95)74(85)80-76(81)87)59-69(90-55-50-47-44-41-38-35-32-29-26-23-20-17-14-11-8-5-2)73(68)91-56-51-48-45-42-39-36-33-30-27-24-21-18-15-12-9-6-3/h58-59,63,70-71,82,88H,4-52,54-57,60-62,64H2,1-3H3,(H,83,84)(H,80,85,87)/t70-,71-,77?,78+/m1/s1. The van der Waals surface area contributed by atoms with Crippen LogP contribution in [0.25, 0.3) is 0 Å². The molecule has 0 amide bonds. The Hall–Kier alpha value is -3.96. The van der Waals surface area contributed by atoms with Crippen molar-refractivity contribution in [3.05, 3.63) is 50.3 Å². The Kier molecular flexibility index (Phi) is 50.1. The van der Waals surface area contributed by atoms with Gasteiger partial charge in [-0.1, -0.05) is 310 Å². The molecule has 2 aromatic rings. The van der Waals surface area contributed by atoms with Gasteiger partial charge in [-0.05, 0) is 19.3 Å². The molecule has 1 fully saturated rings. The van der Waals surface area contributed by atoms with Gasteiger partial charge >= 0.3 is 204 Å². The van der Waals surface area contributed by atoms with Gasteiger partial charge in [0.05, 0.1) is 25.9 Å². The summed E-state index contributed by atoms with van der Waals surface area (Å²) in [6.07, 6.45) is 55.3. The van der Waals surface area contributed by atoms with Gasteiger partial charge in [-0.2, -0.15) is 5.26 Å². The third-order valence-corrected chi connectivity index (χ3v) is 20.0. The summed E-state index contributed by atoms with van der Waals surface area (Å²) in [6, 6.07) is 5.40. The number of nitrogens with zero attached hydrogens (tertiary/aromatic N) is 2. The molecule has 542 valence electrons. The number of nitrogens with one attached hydrogen (secondary N) is 1. The number of ether oxygens (including phenoxy) is 5. The monoisotopic (exact) mass is 1370 g/mol. The molecule has 2 heterocycles. The number of aliphatic carboxylic acids is 1. The minimum Gasteiger partial charge on any atom is -0.490 e. The molecule has 1 aromatic heterocycles. The van der Waals surface area contributed by atoms with E-state index in [1.54, 1.807) is 12.1 Å². The van der Waals surface area contributed by atoms with Crippen molar-refractivity contribution in [3.8, 4) is 28.9 Å². The summed E-state index contributed by atoms with van der Waals surface area (Å²) in [4.78, 5) is 56.8. The minimum absolute atomic E-state index is 0.0788. The molecule has 95 heavy (non-hydrogen) atoms. The van der Waals surface area contributed by atoms with Crippen LogP contribution in [0.15, 0.2) is 27.9 Å². The zero-order valence-corrected chi connectivity index (χ0v) is 61.7. The van der Waals surface area contributed by atoms with Gasteiger partial charge in [0.25, 0.3) is 0 Å². The van der Waals surface area contributed by atoms with E-state index in [-0.39, 0.29) is 18.8 Å². The topological polar surface area (TPSA) is 220 Å². The van der Waals surface area contributed by atoms with Crippen LogP contribution in [0.1, 0.15) is 366 Å². The van der Waals surface area contributed by atoms with E-state index in [0.717, 1.165) is 75.2 Å². The van der Waals surface area contributed by atoms with Crippen molar-refractivity contribution in [3.63, 3.8) is 0 Å². The van der Waals surface area contributed by atoms with Gasteiger partial charge in [0.15, 0.2) is 0 Å². The number of nitriles is 1. The van der Waals surface area contributed by atoms with Crippen molar-refractivity contribution >= 4 is 30.6 Å². The Morgan fingerprint density at radius 2 is 0.958 bits per heavy atom. The van der Waals surface area contributed by atoms with Crippen LogP contribution in [-0.2, 0) is 37.3 Å². The van der Waals surface area contributed by atoms with Gasteiger partial charge in [0.1, 0.15) is 0 Å². The fourth-order valence-electron chi connectivity index (χ4n) is 13.6. The number of aromatic amines is 1. The first-order chi connectivity index (χ1) is 46.4. The Balaban J connectivity index is 1.92. The van der Waals surface area contributed by atoms with Gasteiger partial charge in [-0.15, -0.1) is 0 Å². The van der Waals surface area contributed by atoms with Crippen molar-refractivity contribution in [2.45, 2.75) is 373 Å². The zero-order valence-electron chi connectivity index (χ0n) is 60.0. The number of aromatic nitrogens is 2. The maximum atomic E-state index is 15.0. The summed E-state index contributed by atoms with van der Waals surface area (Å²) in [7, 11) is 0. The third-order valence-electron chi connectivity index (χ3n) is 19.4. The summed E-state index contributed by atoms with van der Waals surface area (Å²) in [5.41, 5.74) is -3.66. The average molecular weight is 1370 g/mol. The summed E-state index contributed by atoms with van der Waals surface area (Å²) in [5.74, 6) is -1.48. The van der Waals surface area contributed by atoms with Gasteiger partial charge < -0.3 is 14.2 Å². The second-order valence-corrected chi connectivity index (χ2v) is 28.5. The van der Waals surface area contributed by atoms with Crippen LogP contribution in [0.4, 0.5) is 0 Å². The van der Waals surface area contributed by atoms with Crippen LogP contribution in [0.2, 0.25) is 0 Å². The first-order valence-corrected chi connectivity index (χ1v) is 40.6. The Labute approximate surface area is 581 Å². The van der Waals surface area contributed by atoms with Gasteiger partial charge in [-0.3, -0.25) is 0 Å². The Bertz CT molecular complexity index is 2530. The van der Waals surface area contributed by atoms with Crippen molar-refractivity contribution in [2.75, 3.05) is 33.0 Å². The molecule has 0 bridgehead atoms. The first kappa shape index (κ1) is 85.3. The molecule has 3 rings (SSSR count). The average Bonchev–Trinajstić information content (AvgIpc) is 1.67. The number of hydrogen-bond acceptors (Lipinski definition) is 13. The molecule has 15 nitrogen and oxygen atoms in total. The number of unbranched alkanes of at least 4 members (excludes halogenated alkanes) is 45. The predicted molar refractivity (Wildman–Crippen MR) is 390 cm³/mol. The Morgan fingerprint density at radius 3 is 1.29 bits per heavy atom. The van der Waals surface area contributed by atoms with E-state index in [4.69, 9.17) is 35.5 Å². The molecule has 0 spiro atoms. The molecule has 1 unspecified atom stereocenters. The fourth-order valence-corrected chi connectivity index (χ4v) is 14.2. The molecule has 17 heteroatoms. The van der Waals surface area contributed by atoms with E-state index in [0.29, 0.717) is 42.6 Å². The van der Waals surface area contributed by atoms with E-state index >= 15 is 4.79 Å². The number of aliphatic hydroxyl groups excluding tert-OH is 1. The number of hydrogen-bond donors (Lipinski definition) is 4. The number of carboxylic acid groups (broad SMARTS) is 1. The van der Waals surface area contributed by atoms with Crippen molar-refractivity contribution < 1.29 is 48.6 Å². The second-order valence-electron chi connectivity index (χ2n) is 27.6. The van der Waals surface area contributed by atoms with Crippen LogP contribution in [-0.4, -0.2) is 81.5 Å².